The van der Waals surface area contributed by atoms with Crippen molar-refractivity contribution in [3.63, 3.8) is 0 Å². The van der Waals surface area contributed by atoms with Crippen LogP contribution in [0.4, 0.5) is 13.2 Å². The van der Waals surface area contributed by atoms with Gasteiger partial charge in [-0.05, 0) is 48.0 Å². The molecule has 0 saturated heterocycles. The third kappa shape index (κ3) is 4.15. The quantitative estimate of drug-likeness (QED) is 0.365. The number of carbonyl (C=O) groups is 1. The molecule has 3 aromatic carbocycles. The second-order valence-electron chi connectivity index (χ2n) is 7.21. The van der Waals surface area contributed by atoms with Crippen molar-refractivity contribution < 1.29 is 23.2 Å². The van der Waals surface area contributed by atoms with Crippen LogP contribution in [0.5, 0.6) is 0 Å². The average Bonchev–Trinajstić information content (AvgIpc) is 2.81. The molecule has 0 spiro atoms. The molecule has 10 heteroatoms. The molecule has 0 radical (unpaired) electrons. The lowest BCUT2D eigenvalue weighted by Gasteiger charge is -2.15. The number of nitrogens with one attached hydrogen (secondary N) is 1. The Hall–Kier alpha value is -4.18. The number of rotatable bonds is 4. The van der Waals surface area contributed by atoms with Crippen LogP contribution >= 0.6 is 0 Å². The van der Waals surface area contributed by atoms with E-state index in [4.69, 9.17) is 5.21 Å². The van der Waals surface area contributed by atoms with Gasteiger partial charge in [0.25, 0.3) is 11.5 Å². The van der Waals surface area contributed by atoms with E-state index in [9.17, 15) is 27.6 Å². The Kier molecular flexibility index (Phi) is 5.60. The van der Waals surface area contributed by atoms with Crippen molar-refractivity contribution >= 4 is 16.8 Å². The lowest BCUT2D eigenvalue weighted by atomic mass is 10.1. The first-order valence-electron chi connectivity index (χ1n) is 9.66. The lowest BCUT2D eigenvalue weighted by Crippen LogP contribution is -2.39. The van der Waals surface area contributed by atoms with E-state index < -0.39 is 28.9 Å². The molecular formula is C23H16F3N3O4. The number of halogens is 3. The molecule has 1 amide bonds. The van der Waals surface area contributed by atoms with Crippen LogP contribution in [0.25, 0.3) is 16.6 Å². The molecule has 33 heavy (non-hydrogen) atoms. The number of alkyl halides is 3. The summed E-state index contributed by atoms with van der Waals surface area (Å²) in [6.45, 7) is -0.0143. The molecule has 2 N–H and O–H groups in total. The highest BCUT2D eigenvalue weighted by Gasteiger charge is 2.31. The monoisotopic (exact) mass is 455 g/mol. The molecule has 0 aliphatic carbocycles. The van der Waals surface area contributed by atoms with Gasteiger partial charge in [-0.2, -0.15) is 13.2 Å². The van der Waals surface area contributed by atoms with Crippen LogP contribution in [0.1, 0.15) is 21.5 Å². The Bertz CT molecular complexity index is 1470. The van der Waals surface area contributed by atoms with Crippen molar-refractivity contribution in [2.24, 2.45) is 0 Å². The number of para-hydroxylation sites is 1. The van der Waals surface area contributed by atoms with Crippen molar-refractivity contribution in [3.8, 4) is 5.69 Å². The fourth-order valence-corrected chi connectivity index (χ4v) is 3.53. The predicted octanol–water partition coefficient (Wildman–Crippen LogP) is 3.34. The van der Waals surface area contributed by atoms with Gasteiger partial charge < -0.3 is 0 Å². The largest absolute Gasteiger partial charge is 0.416 e. The van der Waals surface area contributed by atoms with Gasteiger partial charge >= 0.3 is 11.9 Å². The van der Waals surface area contributed by atoms with Crippen molar-refractivity contribution in [2.75, 3.05) is 0 Å². The Morgan fingerprint density at radius 2 is 1.64 bits per heavy atom. The van der Waals surface area contributed by atoms with E-state index in [0.29, 0.717) is 15.6 Å². The molecule has 0 atom stereocenters. The van der Waals surface area contributed by atoms with Crippen molar-refractivity contribution in [2.45, 2.75) is 12.7 Å². The molecule has 0 saturated carbocycles. The molecule has 0 bridgehead atoms. The first kappa shape index (κ1) is 22.0. The van der Waals surface area contributed by atoms with Crippen LogP contribution in [0.3, 0.4) is 0 Å². The maximum atomic E-state index is 13.3. The number of amides is 1. The molecular weight excluding hydrogens is 439 g/mol. The lowest BCUT2D eigenvalue weighted by molar-refractivity contribution is -0.137. The van der Waals surface area contributed by atoms with Crippen molar-refractivity contribution in [1.29, 1.82) is 0 Å². The fraction of sp³-hybridized carbons (Fsp3) is 0.0870. The number of hydroxylamine groups is 1. The average molecular weight is 455 g/mol. The Labute approximate surface area is 183 Å². The van der Waals surface area contributed by atoms with Gasteiger partial charge in [0.15, 0.2) is 0 Å². The van der Waals surface area contributed by atoms with Gasteiger partial charge in [0, 0.05) is 5.56 Å². The van der Waals surface area contributed by atoms with Gasteiger partial charge in [0.1, 0.15) is 0 Å². The maximum absolute atomic E-state index is 13.3. The van der Waals surface area contributed by atoms with Crippen LogP contribution in [0.15, 0.2) is 82.4 Å². The van der Waals surface area contributed by atoms with Crippen LogP contribution in [0, 0.1) is 0 Å². The minimum atomic E-state index is -4.64. The Morgan fingerprint density at radius 3 is 2.30 bits per heavy atom. The molecule has 0 fully saturated rings. The second-order valence-corrected chi connectivity index (χ2v) is 7.21. The first-order valence-corrected chi connectivity index (χ1v) is 9.66. The van der Waals surface area contributed by atoms with Crippen LogP contribution < -0.4 is 16.7 Å². The van der Waals surface area contributed by atoms with E-state index in [1.807, 2.05) is 0 Å². The Morgan fingerprint density at radius 1 is 0.939 bits per heavy atom. The summed E-state index contributed by atoms with van der Waals surface area (Å²) < 4.78 is 41.6. The third-order valence-electron chi connectivity index (χ3n) is 5.14. The Balaban J connectivity index is 1.90. The van der Waals surface area contributed by atoms with Gasteiger partial charge in [0.05, 0.1) is 28.7 Å². The number of fused-ring (bicyclic) bond motifs is 1. The number of carbonyl (C=O) groups excluding carboxylic acids is 1. The number of hydrogen-bond acceptors (Lipinski definition) is 4. The minimum Gasteiger partial charge on any atom is -0.288 e. The molecule has 1 heterocycles. The zero-order valence-corrected chi connectivity index (χ0v) is 16.8. The number of nitrogens with zero attached hydrogens (tertiary/aromatic N) is 2. The van der Waals surface area contributed by atoms with E-state index in [0.717, 1.165) is 18.2 Å². The first-order chi connectivity index (χ1) is 15.7. The van der Waals surface area contributed by atoms with Crippen molar-refractivity contribution in [1.82, 2.24) is 14.6 Å². The van der Waals surface area contributed by atoms with Gasteiger partial charge in [0.2, 0.25) is 0 Å². The summed E-state index contributed by atoms with van der Waals surface area (Å²) in [5.74, 6) is -0.706. The van der Waals surface area contributed by atoms with E-state index in [1.54, 1.807) is 30.3 Å². The van der Waals surface area contributed by atoms with E-state index in [2.05, 4.69) is 0 Å². The van der Waals surface area contributed by atoms with Gasteiger partial charge in [-0.25, -0.2) is 14.8 Å². The molecule has 7 nitrogen and oxygen atoms in total. The summed E-state index contributed by atoms with van der Waals surface area (Å²) in [4.78, 5) is 37.9. The van der Waals surface area contributed by atoms with Gasteiger partial charge in [-0.15, -0.1) is 0 Å². The van der Waals surface area contributed by atoms with Crippen LogP contribution in [0.2, 0.25) is 0 Å². The number of benzene rings is 3. The third-order valence-corrected chi connectivity index (χ3v) is 5.14. The van der Waals surface area contributed by atoms with Crippen LogP contribution in [-0.4, -0.2) is 20.2 Å². The molecule has 0 unspecified atom stereocenters. The summed E-state index contributed by atoms with van der Waals surface area (Å²) in [7, 11) is 0. The van der Waals surface area contributed by atoms with Gasteiger partial charge in [-0.3, -0.25) is 19.4 Å². The van der Waals surface area contributed by atoms with E-state index >= 15 is 0 Å². The molecule has 168 valence electrons. The highest BCUT2D eigenvalue weighted by Crippen LogP contribution is 2.30. The molecule has 0 aliphatic rings. The molecule has 0 aliphatic heterocycles. The highest BCUT2D eigenvalue weighted by atomic mass is 19.4. The van der Waals surface area contributed by atoms with E-state index in [-0.39, 0.29) is 23.2 Å². The summed E-state index contributed by atoms with van der Waals surface area (Å²) in [5.41, 5.74) is -0.120. The number of hydrogen-bond donors (Lipinski definition) is 2. The van der Waals surface area contributed by atoms with Crippen LogP contribution in [-0.2, 0) is 12.7 Å². The standard InChI is InChI=1S/C23H16F3N3O4/c24-23(25,26)16-4-3-5-17(12-16)29-21(31)18-6-1-2-7-19(18)28(22(29)32)13-14-8-10-15(11-9-14)20(30)27-33/h1-12,33H,13H2,(H,27,30). The molecule has 4 rings (SSSR count). The fourth-order valence-electron chi connectivity index (χ4n) is 3.53. The normalized spacial score (nSPS) is 11.5. The zero-order chi connectivity index (χ0) is 23.8. The number of aromatic nitrogens is 2. The summed E-state index contributed by atoms with van der Waals surface area (Å²) in [6.07, 6.45) is -4.64. The minimum absolute atomic E-state index is 0.0143. The highest BCUT2D eigenvalue weighted by molar-refractivity contribution is 5.93. The smallest absolute Gasteiger partial charge is 0.288 e. The van der Waals surface area contributed by atoms with E-state index in [1.165, 1.54) is 34.3 Å². The predicted molar refractivity (Wildman–Crippen MR) is 114 cm³/mol. The summed E-state index contributed by atoms with van der Waals surface area (Å²) in [6, 6.07) is 16.3. The summed E-state index contributed by atoms with van der Waals surface area (Å²) in [5, 5.41) is 8.89. The second kappa shape index (κ2) is 8.40. The van der Waals surface area contributed by atoms with Crippen molar-refractivity contribution in [3.05, 3.63) is 110 Å². The maximum Gasteiger partial charge on any atom is 0.416 e. The topological polar surface area (TPSA) is 93.3 Å². The van der Waals surface area contributed by atoms with Gasteiger partial charge in [-0.1, -0.05) is 30.3 Å². The molecule has 1 aromatic heterocycles. The zero-order valence-electron chi connectivity index (χ0n) is 16.8. The summed E-state index contributed by atoms with van der Waals surface area (Å²) >= 11 is 0. The molecule has 4 aromatic rings. The SMILES string of the molecule is O=C(NO)c1ccc(Cn2c(=O)n(-c3cccc(C(F)(F)F)c3)c(=O)c3ccccc32)cc1.